The average molecular weight is 262 g/mol. The van der Waals surface area contributed by atoms with E-state index < -0.39 is 0 Å². The summed E-state index contributed by atoms with van der Waals surface area (Å²) < 4.78 is 23.7. The molecule has 0 aliphatic heterocycles. The van der Waals surface area contributed by atoms with Gasteiger partial charge in [0.25, 0.3) is 0 Å². The number of methoxy groups -OCH3 is 1. The number of ether oxygens (including phenoxy) is 1. The molecule has 0 unspecified atom stereocenters. The van der Waals surface area contributed by atoms with Crippen molar-refractivity contribution < 1.29 is 18.3 Å². The molecule has 1 aromatic carbocycles. The molecular formula is C15H15FO3. The van der Waals surface area contributed by atoms with E-state index in [1.165, 1.54) is 19.2 Å². The van der Waals surface area contributed by atoms with Crippen molar-refractivity contribution >= 4 is 5.78 Å². The Bertz CT molecular complexity index is 587. The minimum Gasteiger partial charge on any atom is -0.496 e. The number of furan rings is 1. The molecule has 0 fully saturated rings. The maximum atomic E-state index is 13.1. The molecule has 0 bridgehead atoms. The number of carbonyl (C=O) groups excluding carboxylic acids is 1. The van der Waals surface area contributed by atoms with Gasteiger partial charge in [-0.3, -0.25) is 4.79 Å². The molecular weight excluding hydrogens is 247 g/mol. The molecule has 2 aromatic rings. The predicted molar refractivity (Wildman–Crippen MR) is 69.1 cm³/mol. The van der Waals surface area contributed by atoms with Gasteiger partial charge in [0.2, 0.25) is 0 Å². The Hall–Kier alpha value is -2.10. The molecule has 1 aromatic heterocycles. The van der Waals surface area contributed by atoms with Crippen LogP contribution in [0, 0.1) is 5.82 Å². The first kappa shape index (κ1) is 13.3. The molecule has 2 rings (SSSR count). The van der Waals surface area contributed by atoms with Crippen molar-refractivity contribution in [2.24, 2.45) is 0 Å². The van der Waals surface area contributed by atoms with Crippen molar-refractivity contribution in [2.45, 2.75) is 19.8 Å². The van der Waals surface area contributed by atoms with E-state index in [0.29, 0.717) is 30.1 Å². The number of benzene rings is 1. The lowest BCUT2D eigenvalue weighted by atomic mass is 10.1. The van der Waals surface area contributed by atoms with Gasteiger partial charge in [-0.25, -0.2) is 4.39 Å². The van der Waals surface area contributed by atoms with Gasteiger partial charge in [0.05, 0.1) is 7.11 Å². The fourth-order valence-corrected chi connectivity index (χ4v) is 1.85. The maximum absolute atomic E-state index is 13.1. The SMILES string of the molecule is CCC(=O)c1ccc(Cc2ccc(F)cc2OC)o1. The molecule has 0 atom stereocenters. The van der Waals surface area contributed by atoms with Crippen LogP contribution < -0.4 is 4.74 Å². The van der Waals surface area contributed by atoms with Crippen LogP contribution in [0.1, 0.15) is 35.2 Å². The van der Waals surface area contributed by atoms with Crippen LogP contribution in [0.3, 0.4) is 0 Å². The van der Waals surface area contributed by atoms with E-state index in [-0.39, 0.29) is 11.6 Å². The third kappa shape index (κ3) is 3.02. The summed E-state index contributed by atoms with van der Waals surface area (Å²) in [5.74, 6) is 1.11. The van der Waals surface area contributed by atoms with Crippen molar-refractivity contribution in [1.82, 2.24) is 0 Å². The lowest BCUT2D eigenvalue weighted by Crippen LogP contribution is -1.95. The Kier molecular flexibility index (Phi) is 4.00. The molecule has 0 saturated heterocycles. The van der Waals surface area contributed by atoms with Gasteiger partial charge >= 0.3 is 0 Å². The van der Waals surface area contributed by atoms with E-state index in [4.69, 9.17) is 9.15 Å². The molecule has 0 aliphatic carbocycles. The summed E-state index contributed by atoms with van der Waals surface area (Å²) in [5.41, 5.74) is 0.814. The van der Waals surface area contributed by atoms with E-state index in [1.54, 1.807) is 25.1 Å². The van der Waals surface area contributed by atoms with Crippen molar-refractivity contribution in [3.63, 3.8) is 0 Å². The number of Topliss-reactive ketones (excluding diaryl/α,β-unsaturated/α-hetero) is 1. The molecule has 100 valence electrons. The minimum absolute atomic E-state index is 0.0303. The molecule has 0 amide bonds. The summed E-state index contributed by atoms with van der Waals surface area (Å²) in [4.78, 5) is 11.5. The summed E-state index contributed by atoms with van der Waals surface area (Å²) >= 11 is 0. The highest BCUT2D eigenvalue weighted by atomic mass is 19.1. The fourth-order valence-electron chi connectivity index (χ4n) is 1.85. The number of carbonyl (C=O) groups is 1. The number of hydrogen-bond donors (Lipinski definition) is 0. The second kappa shape index (κ2) is 5.69. The van der Waals surface area contributed by atoms with Gasteiger partial charge in [-0.05, 0) is 18.2 Å². The van der Waals surface area contributed by atoms with Crippen LogP contribution in [0.4, 0.5) is 4.39 Å². The van der Waals surface area contributed by atoms with Crippen molar-refractivity contribution in [1.29, 1.82) is 0 Å². The predicted octanol–water partition coefficient (Wildman–Crippen LogP) is 3.61. The topological polar surface area (TPSA) is 39.4 Å². The van der Waals surface area contributed by atoms with Gasteiger partial charge < -0.3 is 9.15 Å². The maximum Gasteiger partial charge on any atom is 0.197 e. The zero-order chi connectivity index (χ0) is 13.8. The van der Waals surface area contributed by atoms with Crippen LogP contribution in [-0.4, -0.2) is 12.9 Å². The van der Waals surface area contributed by atoms with E-state index in [2.05, 4.69) is 0 Å². The Morgan fingerprint density at radius 3 is 2.79 bits per heavy atom. The largest absolute Gasteiger partial charge is 0.496 e. The van der Waals surface area contributed by atoms with Gasteiger partial charge in [-0.15, -0.1) is 0 Å². The van der Waals surface area contributed by atoms with Crippen LogP contribution in [-0.2, 0) is 6.42 Å². The second-order valence-electron chi connectivity index (χ2n) is 4.18. The standard InChI is InChI=1S/C15H15FO3/c1-3-13(17)14-7-6-12(19-14)8-10-4-5-11(16)9-15(10)18-2/h4-7,9H,3,8H2,1-2H3. The van der Waals surface area contributed by atoms with E-state index in [1.807, 2.05) is 0 Å². The summed E-state index contributed by atoms with van der Waals surface area (Å²) in [6.45, 7) is 1.79. The monoisotopic (exact) mass is 262 g/mol. The highest BCUT2D eigenvalue weighted by Gasteiger charge is 2.11. The third-order valence-corrected chi connectivity index (χ3v) is 2.87. The smallest absolute Gasteiger partial charge is 0.197 e. The third-order valence-electron chi connectivity index (χ3n) is 2.87. The van der Waals surface area contributed by atoms with Crippen LogP contribution in [0.5, 0.6) is 5.75 Å². The van der Waals surface area contributed by atoms with Crippen LogP contribution >= 0.6 is 0 Å². The Balaban J connectivity index is 2.21. The molecule has 1 heterocycles. The normalized spacial score (nSPS) is 10.5. The summed E-state index contributed by atoms with van der Waals surface area (Å²) in [5, 5.41) is 0. The lowest BCUT2D eigenvalue weighted by molar-refractivity contribution is 0.0960. The van der Waals surface area contributed by atoms with Gasteiger partial charge in [0.1, 0.15) is 17.3 Å². The number of ketones is 1. The lowest BCUT2D eigenvalue weighted by Gasteiger charge is -2.06. The number of hydrogen-bond acceptors (Lipinski definition) is 3. The summed E-state index contributed by atoms with van der Waals surface area (Å²) in [7, 11) is 1.49. The molecule has 0 saturated carbocycles. The summed E-state index contributed by atoms with van der Waals surface area (Å²) in [6.07, 6.45) is 0.868. The van der Waals surface area contributed by atoms with Gasteiger partial charge in [0.15, 0.2) is 11.5 Å². The zero-order valence-corrected chi connectivity index (χ0v) is 10.9. The quantitative estimate of drug-likeness (QED) is 0.773. The Morgan fingerprint density at radius 2 is 2.11 bits per heavy atom. The molecule has 0 spiro atoms. The van der Waals surface area contributed by atoms with Gasteiger partial charge in [0, 0.05) is 24.5 Å². The minimum atomic E-state index is -0.345. The second-order valence-corrected chi connectivity index (χ2v) is 4.18. The fraction of sp³-hybridized carbons (Fsp3) is 0.267. The first-order chi connectivity index (χ1) is 9.13. The highest BCUT2D eigenvalue weighted by molar-refractivity contribution is 5.93. The zero-order valence-electron chi connectivity index (χ0n) is 10.9. The first-order valence-electron chi connectivity index (χ1n) is 6.08. The first-order valence-corrected chi connectivity index (χ1v) is 6.08. The molecule has 0 aliphatic rings. The van der Waals surface area contributed by atoms with Crippen molar-refractivity contribution in [3.05, 3.63) is 53.2 Å². The van der Waals surface area contributed by atoms with E-state index >= 15 is 0 Å². The van der Waals surface area contributed by atoms with E-state index in [0.717, 1.165) is 5.56 Å². The summed E-state index contributed by atoms with van der Waals surface area (Å²) in [6, 6.07) is 7.77. The molecule has 4 heteroatoms. The van der Waals surface area contributed by atoms with Crippen molar-refractivity contribution in [3.8, 4) is 5.75 Å². The molecule has 0 radical (unpaired) electrons. The number of rotatable bonds is 5. The molecule has 19 heavy (non-hydrogen) atoms. The van der Waals surface area contributed by atoms with Crippen molar-refractivity contribution in [2.75, 3.05) is 7.11 Å². The average Bonchev–Trinajstić information content (AvgIpc) is 2.88. The van der Waals surface area contributed by atoms with Crippen LogP contribution in [0.15, 0.2) is 34.7 Å². The van der Waals surface area contributed by atoms with E-state index in [9.17, 15) is 9.18 Å². The van der Waals surface area contributed by atoms with Gasteiger partial charge in [-0.2, -0.15) is 0 Å². The Labute approximate surface area is 111 Å². The molecule has 3 nitrogen and oxygen atoms in total. The molecule has 0 N–H and O–H groups in total. The Morgan fingerprint density at radius 1 is 1.32 bits per heavy atom. The number of halogens is 1. The van der Waals surface area contributed by atoms with Crippen LogP contribution in [0.25, 0.3) is 0 Å². The van der Waals surface area contributed by atoms with Gasteiger partial charge in [-0.1, -0.05) is 13.0 Å². The highest BCUT2D eigenvalue weighted by Crippen LogP contribution is 2.23. The van der Waals surface area contributed by atoms with Crippen LogP contribution in [0.2, 0.25) is 0 Å².